The van der Waals surface area contributed by atoms with Crippen LogP contribution < -0.4 is 0 Å². The second-order valence-electron chi connectivity index (χ2n) is 14.5. The van der Waals surface area contributed by atoms with E-state index in [0.29, 0.717) is 5.25 Å². The summed E-state index contributed by atoms with van der Waals surface area (Å²) < 4.78 is 4.22. The van der Waals surface area contributed by atoms with Gasteiger partial charge in [-0.25, -0.2) is 0 Å². The minimum absolute atomic E-state index is 0.0148. The maximum Gasteiger partial charge on any atom is 0.0649 e. The molecule has 0 amide bonds. The summed E-state index contributed by atoms with van der Waals surface area (Å²) in [6.45, 7) is 11.2. The molecule has 6 aromatic rings. The molecule has 1 aliphatic heterocycles. The molecule has 0 fully saturated rings. The summed E-state index contributed by atoms with van der Waals surface area (Å²) in [5, 5.41) is 4.55. The number of rotatable bonds is 12. The third kappa shape index (κ3) is 7.52. The first-order chi connectivity index (χ1) is 24.7. The van der Waals surface area contributed by atoms with Crippen LogP contribution in [0.3, 0.4) is 0 Å². The van der Waals surface area contributed by atoms with Crippen LogP contribution in [0.1, 0.15) is 91.3 Å². The van der Waals surface area contributed by atoms with Crippen molar-refractivity contribution >= 4 is 96.2 Å². The number of allylic oxidation sites excluding steroid dienone is 5. The number of thioether (sulfide) groups is 1. The van der Waals surface area contributed by atoms with E-state index in [9.17, 15) is 0 Å². The molecule has 2 atom stereocenters. The monoisotopic (exact) mass is 776 g/mol. The molecule has 8 rings (SSSR count). The summed E-state index contributed by atoms with van der Waals surface area (Å²) in [6, 6.07) is 28.3. The van der Waals surface area contributed by atoms with E-state index in [1.54, 1.807) is 0 Å². The molecule has 0 bridgehead atoms. The van der Waals surface area contributed by atoms with Crippen molar-refractivity contribution in [2.24, 2.45) is 0 Å². The summed E-state index contributed by atoms with van der Waals surface area (Å²) in [6.07, 6.45) is 16.7. The summed E-state index contributed by atoms with van der Waals surface area (Å²) in [5.41, 5.74) is 5.67. The molecule has 1 aliphatic carbocycles. The van der Waals surface area contributed by atoms with E-state index in [2.05, 4.69) is 143 Å². The third-order valence-electron chi connectivity index (χ3n) is 9.89. The van der Waals surface area contributed by atoms with Crippen LogP contribution in [-0.4, -0.2) is 0 Å². The van der Waals surface area contributed by atoms with E-state index in [-0.39, 0.29) is 5.41 Å². The number of hydrogen-bond acceptors (Lipinski definition) is 6. The number of benzene rings is 3. The van der Waals surface area contributed by atoms with Crippen LogP contribution in [0.25, 0.3) is 26.9 Å². The van der Waals surface area contributed by atoms with Gasteiger partial charge in [0.05, 0.1) is 8.42 Å². The van der Waals surface area contributed by atoms with Crippen LogP contribution >= 0.6 is 69.3 Å². The molecular weight excluding hydrogens is 733 g/mol. The summed E-state index contributed by atoms with van der Waals surface area (Å²) in [5.74, 6) is 0. The Balaban J connectivity index is 1.01. The Bertz CT molecular complexity index is 2320. The Morgan fingerprint density at radius 1 is 0.706 bits per heavy atom. The Labute approximate surface area is 328 Å². The van der Waals surface area contributed by atoms with Gasteiger partial charge in [0, 0.05) is 55.5 Å². The Kier molecular flexibility index (Phi) is 10.5. The molecule has 0 spiro atoms. The zero-order valence-corrected chi connectivity index (χ0v) is 34.9. The first-order valence-electron chi connectivity index (χ1n) is 18.0. The highest BCUT2D eigenvalue weighted by Gasteiger charge is 2.47. The normalized spacial score (nSPS) is 17.5. The molecule has 0 N–H and O–H groups in total. The van der Waals surface area contributed by atoms with Crippen molar-refractivity contribution in [1.82, 2.24) is 0 Å². The van der Waals surface area contributed by atoms with Gasteiger partial charge in [0.1, 0.15) is 0 Å². The largest absolute Gasteiger partial charge is 0.137 e. The first kappa shape index (κ1) is 35.6. The fourth-order valence-electron chi connectivity index (χ4n) is 7.19. The Morgan fingerprint density at radius 2 is 1.33 bits per heavy atom. The molecule has 2 unspecified atom stereocenters. The van der Waals surface area contributed by atoms with Gasteiger partial charge in [-0.1, -0.05) is 83.2 Å². The standard InChI is InChI=1S/C45H44S6/c1-28(2)10-6-8-12-32-19-22-39(46-32)48-34-17-14-30-16-21-36-41(37(30)26-34)50-44-42(36)51-43-38-27-35(18-15-31(38)24-25-45(43,44)5)49-40-23-20-33(47-40)13-9-7-11-29(3)4/h10-11,14-27,43H,6-9,12-13H2,1-5H3. The van der Waals surface area contributed by atoms with Crippen LogP contribution in [-0.2, 0) is 18.3 Å². The van der Waals surface area contributed by atoms with E-state index in [0.717, 1.165) is 6.42 Å². The average molecular weight is 777 g/mol. The predicted octanol–water partition coefficient (Wildman–Crippen LogP) is 16.2. The summed E-state index contributed by atoms with van der Waals surface area (Å²) in [7, 11) is 0. The van der Waals surface area contributed by atoms with E-state index in [1.165, 1.54) is 113 Å². The topological polar surface area (TPSA) is 0 Å². The lowest BCUT2D eigenvalue weighted by molar-refractivity contribution is 0.594. The van der Waals surface area contributed by atoms with E-state index < -0.39 is 0 Å². The zero-order chi connectivity index (χ0) is 35.1. The number of fused-ring (bicyclic) bond motifs is 9. The fourth-order valence-corrected chi connectivity index (χ4v) is 15.1. The average Bonchev–Trinajstić information content (AvgIpc) is 3.90. The van der Waals surface area contributed by atoms with Crippen LogP contribution in [0.5, 0.6) is 0 Å². The van der Waals surface area contributed by atoms with Crippen LogP contribution in [0.15, 0.2) is 125 Å². The smallest absolute Gasteiger partial charge is 0.0649 e. The molecule has 3 aromatic heterocycles. The molecule has 260 valence electrons. The summed E-state index contributed by atoms with van der Waals surface area (Å²) in [4.78, 5) is 8.69. The highest BCUT2D eigenvalue weighted by molar-refractivity contribution is 8.01. The molecule has 2 aliphatic rings. The third-order valence-corrected chi connectivity index (χ3v) is 17.7. The van der Waals surface area contributed by atoms with Crippen molar-refractivity contribution in [2.75, 3.05) is 0 Å². The molecule has 51 heavy (non-hydrogen) atoms. The van der Waals surface area contributed by atoms with Gasteiger partial charge in [-0.05, 0) is 138 Å². The Hall–Kier alpha value is -2.45. The number of hydrogen-bond donors (Lipinski definition) is 0. The highest BCUT2D eigenvalue weighted by atomic mass is 32.2. The fraction of sp³-hybridized carbons (Fsp3) is 0.289. The van der Waals surface area contributed by atoms with E-state index in [1.807, 2.05) is 57.5 Å². The van der Waals surface area contributed by atoms with Crippen molar-refractivity contribution in [1.29, 1.82) is 0 Å². The van der Waals surface area contributed by atoms with E-state index >= 15 is 0 Å². The molecular formula is C45H44S6. The lowest BCUT2D eigenvalue weighted by Crippen LogP contribution is -2.24. The van der Waals surface area contributed by atoms with Crippen molar-refractivity contribution in [3.05, 3.63) is 128 Å². The number of thiophene rings is 3. The van der Waals surface area contributed by atoms with Gasteiger partial charge < -0.3 is 0 Å². The van der Waals surface area contributed by atoms with Crippen LogP contribution in [0.2, 0.25) is 0 Å². The second kappa shape index (κ2) is 15.1. The lowest BCUT2D eigenvalue weighted by Gasteiger charge is -2.33. The molecule has 0 radical (unpaired) electrons. The van der Waals surface area contributed by atoms with Gasteiger partial charge in [-0.2, -0.15) is 0 Å². The minimum Gasteiger partial charge on any atom is -0.137 e. The molecule has 0 saturated heterocycles. The van der Waals surface area contributed by atoms with Crippen molar-refractivity contribution < 1.29 is 0 Å². The summed E-state index contributed by atoms with van der Waals surface area (Å²) >= 11 is 11.9. The van der Waals surface area contributed by atoms with Crippen molar-refractivity contribution in [2.45, 2.75) is 107 Å². The molecule has 0 nitrogen and oxygen atoms in total. The van der Waals surface area contributed by atoms with Gasteiger partial charge in [-0.3, -0.25) is 0 Å². The van der Waals surface area contributed by atoms with Gasteiger partial charge in [-0.15, -0.1) is 45.8 Å². The second-order valence-corrected chi connectivity index (χ2v) is 21.7. The molecule has 0 saturated carbocycles. The molecule has 4 heterocycles. The van der Waals surface area contributed by atoms with E-state index in [4.69, 9.17) is 0 Å². The van der Waals surface area contributed by atoms with Gasteiger partial charge >= 0.3 is 0 Å². The first-order valence-corrected chi connectivity index (χ1v) is 23.0. The van der Waals surface area contributed by atoms with Gasteiger partial charge in [0.2, 0.25) is 0 Å². The molecule has 6 heteroatoms. The van der Waals surface area contributed by atoms with Gasteiger partial charge in [0.15, 0.2) is 0 Å². The van der Waals surface area contributed by atoms with Crippen LogP contribution in [0, 0.1) is 0 Å². The number of unbranched alkanes of at least 4 members (excludes halogenated alkanes) is 2. The quantitative estimate of drug-likeness (QED) is 0.0897. The SMILES string of the molecule is CC(C)=CCCCc1ccc(Sc2ccc3c(c2)C2Sc4c(sc5c4ccc4ccc(Sc6ccc(CCCC=C(C)C)s6)cc45)C2(C)C=C3)s1. The van der Waals surface area contributed by atoms with Crippen molar-refractivity contribution in [3.8, 4) is 0 Å². The predicted molar refractivity (Wildman–Crippen MR) is 232 cm³/mol. The zero-order valence-electron chi connectivity index (χ0n) is 30.0. The maximum atomic E-state index is 2.50. The lowest BCUT2D eigenvalue weighted by atomic mass is 9.76. The Morgan fingerprint density at radius 3 is 2.00 bits per heavy atom. The van der Waals surface area contributed by atoms with Gasteiger partial charge in [0.25, 0.3) is 0 Å². The number of aryl methyl sites for hydroxylation is 2. The minimum atomic E-state index is -0.0148. The maximum absolute atomic E-state index is 2.50. The highest BCUT2D eigenvalue weighted by Crippen LogP contribution is 2.65. The molecule has 3 aromatic carbocycles. The van der Waals surface area contributed by atoms with Crippen LogP contribution in [0.4, 0.5) is 0 Å². The van der Waals surface area contributed by atoms with Crippen molar-refractivity contribution in [3.63, 3.8) is 0 Å².